The summed E-state index contributed by atoms with van der Waals surface area (Å²) >= 11 is 0. The Balaban J connectivity index is 0.00000242. The molecule has 0 bridgehead atoms. The lowest BCUT2D eigenvalue weighted by molar-refractivity contribution is 0.167. The molecular formula is C16H18ClN3O2. The Morgan fingerprint density at radius 2 is 1.64 bits per heavy atom. The van der Waals surface area contributed by atoms with Gasteiger partial charge in [-0.25, -0.2) is 4.79 Å². The minimum atomic E-state index is -1.15. The molecule has 1 amide bonds. The van der Waals surface area contributed by atoms with Crippen LogP contribution in [0.3, 0.4) is 0 Å². The molecule has 4 N–H and O–H groups in total. The van der Waals surface area contributed by atoms with E-state index in [1.165, 1.54) is 0 Å². The van der Waals surface area contributed by atoms with Crippen molar-refractivity contribution in [1.82, 2.24) is 4.90 Å². The standard InChI is InChI=1S/C16H17N3O2.ClH/c17-10-12-6-8-14(9-7-12)15(18)19(16(20)21)11-13-4-2-1-3-5-13;/h1-9,18H,10-11,17H2,(H,20,21);1H. The number of carbonyl (C=O) groups is 1. The van der Waals surface area contributed by atoms with Gasteiger partial charge in [0, 0.05) is 12.1 Å². The summed E-state index contributed by atoms with van der Waals surface area (Å²) in [7, 11) is 0. The van der Waals surface area contributed by atoms with Gasteiger partial charge in [0.25, 0.3) is 0 Å². The first-order valence-corrected chi connectivity index (χ1v) is 6.54. The largest absolute Gasteiger partial charge is 0.465 e. The molecule has 2 aromatic carbocycles. The second kappa shape index (κ2) is 8.17. The van der Waals surface area contributed by atoms with E-state index < -0.39 is 6.09 Å². The van der Waals surface area contributed by atoms with E-state index in [9.17, 15) is 9.90 Å². The molecule has 0 spiro atoms. The summed E-state index contributed by atoms with van der Waals surface area (Å²) in [5.41, 5.74) is 7.85. The molecule has 0 fully saturated rings. The number of rotatable bonds is 4. The lowest BCUT2D eigenvalue weighted by Gasteiger charge is -2.20. The normalized spacial score (nSPS) is 9.68. The van der Waals surface area contributed by atoms with Crippen molar-refractivity contribution in [3.8, 4) is 0 Å². The molecule has 6 heteroatoms. The lowest BCUT2D eigenvalue weighted by atomic mass is 10.1. The van der Waals surface area contributed by atoms with Crippen molar-refractivity contribution in [2.45, 2.75) is 13.1 Å². The first-order valence-electron chi connectivity index (χ1n) is 6.54. The van der Waals surface area contributed by atoms with Gasteiger partial charge >= 0.3 is 6.09 Å². The first kappa shape index (κ1) is 17.7. The average molecular weight is 320 g/mol. The zero-order valence-corrected chi connectivity index (χ0v) is 12.7. The van der Waals surface area contributed by atoms with Crippen LogP contribution in [0.1, 0.15) is 16.7 Å². The molecule has 0 aromatic heterocycles. The number of halogens is 1. The van der Waals surface area contributed by atoms with E-state index in [1.807, 2.05) is 30.3 Å². The predicted molar refractivity (Wildman–Crippen MR) is 88.4 cm³/mol. The topological polar surface area (TPSA) is 90.4 Å². The van der Waals surface area contributed by atoms with Gasteiger partial charge in [-0.15, -0.1) is 12.4 Å². The van der Waals surface area contributed by atoms with Crippen LogP contribution in [0.25, 0.3) is 0 Å². The highest BCUT2D eigenvalue weighted by atomic mass is 35.5. The van der Waals surface area contributed by atoms with Gasteiger partial charge in [0.05, 0.1) is 6.54 Å². The van der Waals surface area contributed by atoms with E-state index in [2.05, 4.69) is 0 Å². The molecular weight excluding hydrogens is 302 g/mol. The molecule has 2 rings (SSSR count). The second-order valence-electron chi connectivity index (χ2n) is 4.60. The maximum Gasteiger partial charge on any atom is 0.413 e. The third-order valence-electron chi connectivity index (χ3n) is 3.15. The zero-order chi connectivity index (χ0) is 15.2. The molecule has 0 aliphatic heterocycles. The highest BCUT2D eigenvalue weighted by molar-refractivity contribution is 6.04. The number of amidine groups is 1. The van der Waals surface area contributed by atoms with Crippen LogP contribution in [-0.4, -0.2) is 21.9 Å². The number of hydrogen-bond donors (Lipinski definition) is 3. The van der Waals surface area contributed by atoms with Crippen molar-refractivity contribution < 1.29 is 9.90 Å². The van der Waals surface area contributed by atoms with Gasteiger partial charge in [0.1, 0.15) is 5.84 Å². The van der Waals surface area contributed by atoms with E-state index >= 15 is 0 Å². The molecule has 0 heterocycles. The highest BCUT2D eigenvalue weighted by Gasteiger charge is 2.19. The summed E-state index contributed by atoms with van der Waals surface area (Å²) in [5, 5.41) is 17.4. The maximum atomic E-state index is 11.4. The lowest BCUT2D eigenvalue weighted by Crippen LogP contribution is -2.35. The third-order valence-corrected chi connectivity index (χ3v) is 3.15. The molecule has 0 saturated heterocycles. The number of nitrogens with two attached hydrogens (primary N) is 1. The van der Waals surface area contributed by atoms with Gasteiger partial charge in [-0.2, -0.15) is 0 Å². The van der Waals surface area contributed by atoms with Crippen LogP contribution in [0.2, 0.25) is 0 Å². The van der Waals surface area contributed by atoms with Crippen molar-refractivity contribution in [2.75, 3.05) is 0 Å². The Morgan fingerprint density at radius 1 is 1.05 bits per heavy atom. The van der Waals surface area contributed by atoms with Crippen molar-refractivity contribution >= 4 is 24.3 Å². The Hall–Kier alpha value is -2.37. The fourth-order valence-corrected chi connectivity index (χ4v) is 1.96. The van der Waals surface area contributed by atoms with Crippen LogP contribution in [0.15, 0.2) is 54.6 Å². The summed E-state index contributed by atoms with van der Waals surface area (Å²) < 4.78 is 0. The molecule has 116 valence electrons. The minimum absolute atomic E-state index is 0. The zero-order valence-electron chi connectivity index (χ0n) is 11.9. The van der Waals surface area contributed by atoms with Gasteiger partial charge in [-0.1, -0.05) is 54.6 Å². The summed E-state index contributed by atoms with van der Waals surface area (Å²) in [6.45, 7) is 0.563. The van der Waals surface area contributed by atoms with E-state index in [0.717, 1.165) is 16.0 Å². The number of nitrogens with one attached hydrogen (secondary N) is 1. The first-order chi connectivity index (χ1) is 10.1. The monoisotopic (exact) mass is 319 g/mol. The van der Waals surface area contributed by atoms with E-state index in [0.29, 0.717) is 12.1 Å². The van der Waals surface area contributed by atoms with E-state index in [4.69, 9.17) is 11.1 Å². The molecule has 0 atom stereocenters. The average Bonchev–Trinajstić information content (AvgIpc) is 2.53. The van der Waals surface area contributed by atoms with Crippen molar-refractivity contribution in [2.24, 2.45) is 5.73 Å². The SMILES string of the molecule is Cl.N=C(c1ccc(CN)cc1)N(Cc1ccccc1)C(=O)O. The predicted octanol–water partition coefficient (Wildman–Crippen LogP) is 3.07. The Bertz CT molecular complexity index is 630. The number of benzene rings is 2. The summed E-state index contributed by atoms with van der Waals surface area (Å²) in [5.74, 6) is -0.0464. The Kier molecular flexibility index (Phi) is 6.56. The molecule has 0 saturated carbocycles. The van der Waals surface area contributed by atoms with E-state index in [-0.39, 0.29) is 24.8 Å². The Morgan fingerprint density at radius 3 is 2.14 bits per heavy atom. The molecule has 5 nitrogen and oxygen atoms in total. The number of amides is 1. The number of hydrogen-bond acceptors (Lipinski definition) is 3. The highest BCUT2D eigenvalue weighted by Crippen LogP contribution is 2.11. The summed E-state index contributed by atoms with van der Waals surface area (Å²) in [6.07, 6.45) is -1.15. The van der Waals surface area contributed by atoms with Crippen molar-refractivity contribution in [1.29, 1.82) is 5.41 Å². The van der Waals surface area contributed by atoms with Gasteiger partial charge in [-0.05, 0) is 11.1 Å². The molecule has 0 radical (unpaired) electrons. The summed E-state index contributed by atoms with van der Waals surface area (Å²) in [4.78, 5) is 12.4. The smallest absolute Gasteiger partial charge is 0.413 e. The van der Waals surface area contributed by atoms with Crippen molar-refractivity contribution in [3.63, 3.8) is 0 Å². The van der Waals surface area contributed by atoms with Crippen LogP contribution in [0.4, 0.5) is 4.79 Å². The molecule has 0 unspecified atom stereocenters. The summed E-state index contributed by atoms with van der Waals surface area (Å²) in [6, 6.07) is 16.2. The second-order valence-corrected chi connectivity index (χ2v) is 4.60. The maximum absolute atomic E-state index is 11.4. The van der Waals surface area contributed by atoms with Gasteiger partial charge < -0.3 is 10.8 Å². The Labute approximate surface area is 135 Å². The fraction of sp³-hybridized carbons (Fsp3) is 0.125. The van der Waals surface area contributed by atoms with Crippen molar-refractivity contribution in [3.05, 3.63) is 71.3 Å². The number of nitrogens with zero attached hydrogens (tertiary/aromatic N) is 1. The van der Waals surface area contributed by atoms with E-state index in [1.54, 1.807) is 24.3 Å². The third kappa shape index (κ3) is 4.31. The fourth-order valence-electron chi connectivity index (χ4n) is 1.96. The molecule has 0 aliphatic carbocycles. The molecule has 0 aliphatic rings. The minimum Gasteiger partial charge on any atom is -0.465 e. The van der Waals surface area contributed by atoms with Crippen LogP contribution >= 0.6 is 12.4 Å². The van der Waals surface area contributed by atoms with Gasteiger partial charge in [0.2, 0.25) is 0 Å². The van der Waals surface area contributed by atoms with Crippen LogP contribution < -0.4 is 5.73 Å². The van der Waals surface area contributed by atoms with Gasteiger partial charge in [0.15, 0.2) is 0 Å². The number of carboxylic acid groups (broad SMARTS) is 1. The van der Waals surface area contributed by atoms with Gasteiger partial charge in [-0.3, -0.25) is 10.3 Å². The van der Waals surface area contributed by atoms with Crippen LogP contribution in [-0.2, 0) is 13.1 Å². The molecule has 22 heavy (non-hydrogen) atoms. The van der Waals surface area contributed by atoms with Crippen LogP contribution in [0, 0.1) is 5.41 Å². The molecule has 2 aromatic rings. The van der Waals surface area contributed by atoms with Crippen LogP contribution in [0.5, 0.6) is 0 Å². The quantitative estimate of drug-likeness (QED) is 0.597.